The Morgan fingerprint density at radius 3 is 2.40 bits per heavy atom. The summed E-state index contributed by atoms with van der Waals surface area (Å²) < 4.78 is 0. The van der Waals surface area contributed by atoms with Crippen LogP contribution in [0.2, 0.25) is 0 Å². The highest BCUT2D eigenvalue weighted by Crippen LogP contribution is 2.00. The van der Waals surface area contributed by atoms with Crippen molar-refractivity contribution >= 4 is 0 Å². The van der Waals surface area contributed by atoms with Crippen molar-refractivity contribution in [3.8, 4) is 0 Å². The lowest BCUT2D eigenvalue weighted by molar-refractivity contribution is 0.867. The molecule has 0 heterocycles. The van der Waals surface area contributed by atoms with Gasteiger partial charge in [0.2, 0.25) is 0 Å². The highest BCUT2D eigenvalue weighted by atomic mass is 13.9. The second-order valence-corrected chi connectivity index (χ2v) is 2.36. The summed E-state index contributed by atoms with van der Waals surface area (Å²) in [5, 5.41) is 0. The monoisotopic (exact) mass is 133 g/mol. The molecular formula is C10H13. The molecule has 0 unspecified atom stereocenters. The van der Waals surface area contributed by atoms with E-state index in [0.717, 1.165) is 0 Å². The zero-order valence-corrected chi connectivity index (χ0v) is 6.16. The fourth-order valence-corrected chi connectivity index (χ4v) is 0.896. The molecule has 0 bridgehead atoms. The van der Waals surface area contributed by atoms with Crippen molar-refractivity contribution in [1.29, 1.82) is 0 Å². The molecule has 0 aliphatic heterocycles. The second kappa shape index (κ2) is 5.04. The molecule has 0 saturated heterocycles. The largest absolute Gasteiger partial charge is 0.0879 e. The normalized spacial score (nSPS) is 19.2. The molecule has 1 radical (unpaired) electrons. The van der Waals surface area contributed by atoms with Crippen LogP contribution in [0.1, 0.15) is 19.3 Å². The maximum absolute atomic E-state index is 2.21. The Bertz CT molecular complexity index is 149. The van der Waals surface area contributed by atoms with Gasteiger partial charge in [0.25, 0.3) is 0 Å². The van der Waals surface area contributed by atoms with Crippen LogP contribution < -0.4 is 0 Å². The van der Waals surface area contributed by atoms with E-state index in [1.165, 1.54) is 19.3 Å². The quantitative estimate of drug-likeness (QED) is 0.476. The number of hydrogen-bond donors (Lipinski definition) is 0. The molecule has 0 heteroatoms. The van der Waals surface area contributed by atoms with Gasteiger partial charge in [0, 0.05) is 6.42 Å². The minimum absolute atomic E-state index is 1.20. The van der Waals surface area contributed by atoms with E-state index in [2.05, 4.69) is 42.9 Å². The Labute approximate surface area is 62.9 Å². The van der Waals surface area contributed by atoms with E-state index in [9.17, 15) is 0 Å². The van der Waals surface area contributed by atoms with E-state index in [0.29, 0.717) is 0 Å². The summed E-state index contributed by atoms with van der Waals surface area (Å²) in [6, 6.07) is 0. The molecule has 1 rings (SSSR count). The maximum atomic E-state index is 2.21. The summed E-state index contributed by atoms with van der Waals surface area (Å²) >= 11 is 0. The topological polar surface area (TPSA) is 0 Å². The van der Waals surface area contributed by atoms with Crippen molar-refractivity contribution in [2.75, 3.05) is 0 Å². The van der Waals surface area contributed by atoms with Crippen molar-refractivity contribution in [1.82, 2.24) is 0 Å². The van der Waals surface area contributed by atoms with Gasteiger partial charge in [-0.3, -0.25) is 0 Å². The molecule has 0 aromatic carbocycles. The molecule has 0 fully saturated rings. The van der Waals surface area contributed by atoms with Crippen LogP contribution in [0.25, 0.3) is 0 Å². The third-order valence-corrected chi connectivity index (χ3v) is 1.46. The molecule has 0 saturated carbocycles. The van der Waals surface area contributed by atoms with Gasteiger partial charge in [0.05, 0.1) is 0 Å². The highest BCUT2D eigenvalue weighted by Gasteiger charge is 1.81. The van der Waals surface area contributed by atoms with E-state index in [1.807, 2.05) is 0 Å². The van der Waals surface area contributed by atoms with E-state index in [1.54, 1.807) is 0 Å². The lowest BCUT2D eigenvalue weighted by atomic mass is 10.2. The van der Waals surface area contributed by atoms with Gasteiger partial charge in [0.15, 0.2) is 0 Å². The van der Waals surface area contributed by atoms with Crippen molar-refractivity contribution in [3.63, 3.8) is 0 Å². The first-order valence-electron chi connectivity index (χ1n) is 3.82. The van der Waals surface area contributed by atoms with Gasteiger partial charge in [-0.25, -0.2) is 0 Å². The summed E-state index contributed by atoms with van der Waals surface area (Å²) in [4.78, 5) is 0. The zero-order valence-electron chi connectivity index (χ0n) is 6.16. The average molecular weight is 133 g/mol. The van der Waals surface area contributed by atoms with E-state index >= 15 is 0 Å². The Hall–Kier alpha value is -0.780. The van der Waals surface area contributed by atoms with Crippen LogP contribution in [0.5, 0.6) is 0 Å². The lowest BCUT2D eigenvalue weighted by Gasteiger charge is -1.90. The molecule has 0 nitrogen and oxygen atoms in total. The summed E-state index contributed by atoms with van der Waals surface area (Å²) in [6.07, 6.45) is 18.5. The lowest BCUT2D eigenvalue weighted by Crippen LogP contribution is -1.71. The van der Waals surface area contributed by atoms with Crippen molar-refractivity contribution in [2.45, 2.75) is 19.3 Å². The molecule has 0 aromatic heterocycles. The summed E-state index contributed by atoms with van der Waals surface area (Å²) in [5.41, 5.74) is 0. The molecule has 0 N–H and O–H groups in total. The fourth-order valence-electron chi connectivity index (χ4n) is 0.896. The molecule has 10 heavy (non-hydrogen) atoms. The van der Waals surface area contributed by atoms with Crippen LogP contribution >= 0.6 is 0 Å². The predicted molar refractivity (Wildman–Crippen MR) is 45.6 cm³/mol. The van der Waals surface area contributed by atoms with Gasteiger partial charge in [-0.1, -0.05) is 36.5 Å². The molecule has 0 atom stereocenters. The van der Waals surface area contributed by atoms with E-state index in [-0.39, 0.29) is 0 Å². The SMILES string of the molecule is [CH]1C=CC=CCCCC=C1. The van der Waals surface area contributed by atoms with Crippen LogP contribution in [-0.2, 0) is 0 Å². The smallest absolute Gasteiger partial charge is 0.00473 e. The minimum Gasteiger partial charge on any atom is -0.0879 e. The van der Waals surface area contributed by atoms with Gasteiger partial charge in [-0.05, 0) is 19.3 Å². The Balaban J connectivity index is 2.38. The molecule has 0 aromatic rings. The van der Waals surface area contributed by atoms with Crippen LogP contribution in [0, 0.1) is 6.42 Å². The maximum Gasteiger partial charge on any atom is 0.00473 e. The van der Waals surface area contributed by atoms with Crippen LogP contribution in [-0.4, -0.2) is 0 Å². The Kier molecular flexibility index (Phi) is 3.69. The van der Waals surface area contributed by atoms with Gasteiger partial charge < -0.3 is 0 Å². The molecule has 0 spiro atoms. The first kappa shape index (κ1) is 7.33. The van der Waals surface area contributed by atoms with Crippen molar-refractivity contribution < 1.29 is 0 Å². The van der Waals surface area contributed by atoms with Gasteiger partial charge >= 0.3 is 0 Å². The molecule has 1 aliphatic carbocycles. The van der Waals surface area contributed by atoms with Crippen LogP contribution in [0.15, 0.2) is 36.5 Å². The Morgan fingerprint density at radius 2 is 1.50 bits per heavy atom. The number of rotatable bonds is 0. The summed E-state index contributed by atoms with van der Waals surface area (Å²) in [5.74, 6) is 0. The van der Waals surface area contributed by atoms with Crippen molar-refractivity contribution in [3.05, 3.63) is 42.9 Å². The average Bonchev–Trinajstić information content (AvgIpc) is 2.01. The van der Waals surface area contributed by atoms with Crippen molar-refractivity contribution in [2.24, 2.45) is 0 Å². The van der Waals surface area contributed by atoms with Gasteiger partial charge in [-0.15, -0.1) is 0 Å². The third kappa shape index (κ3) is 3.29. The molecule has 1 aliphatic rings. The zero-order chi connectivity index (χ0) is 7.07. The number of hydrogen-bond acceptors (Lipinski definition) is 0. The molecule has 53 valence electrons. The van der Waals surface area contributed by atoms with Gasteiger partial charge in [0.1, 0.15) is 0 Å². The molecule has 0 amide bonds. The van der Waals surface area contributed by atoms with E-state index in [4.69, 9.17) is 0 Å². The third-order valence-electron chi connectivity index (χ3n) is 1.46. The second-order valence-electron chi connectivity index (χ2n) is 2.36. The standard InChI is InChI=1S/C10H13/c1-2-4-6-8-10-9-7-5-3-1/h1-7H,8-10H2. The number of allylic oxidation sites excluding steroid dienone is 6. The van der Waals surface area contributed by atoms with Crippen LogP contribution in [0.3, 0.4) is 0 Å². The minimum atomic E-state index is 1.20. The van der Waals surface area contributed by atoms with Gasteiger partial charge in [-0.2, -0.15) is 0 Å². The summed E-state index contributed by atoms with van der Waals surface area (Å²) in [6.45, 7) is 0. The Morgan fingerprint density at radius 1 is 0.700 bits per heavy atom. The molecular weight excluding hydrogens is 120 g/mol. The summed E-state index contributed by atoms with van der Waals surface area (Å²) in [7, 11) is 0. The van der Waals surface area contributed by atoms with E-state index < -0.39 is 0 Å². The first-order valence-corrected chi connectivity index (χ1v) is 3.82. The predicted octanol–water partition coefficient (Wildman–Crippen LogP) is 3.04. The fraction of sp³-hybridized carbons (Fsp3) is 0.300. The highest BCUT2D eigenvalue weighted by molar-refractivity contribution is 5.14. The first-order chi connectivity index (χ1) is 5.00. The van der Waals surface area contributed by atoms with Crippen LogP contribution in [0.4, 0.5) is 0 Å².